The van der Waals surface area contributed by atoms with E-state index in [1.54, 1.807) is 0 Å². The van der Waals surface area contributed by atoms with E-state index in [1.165, 1.54) is 10.4 Å². The second-order valence-electron chi connectivity index (χ2n) is 5.01. The summed E-state index contributed by atoms with van der Waals surface area (Å²) >= 11 is 1.81. The zero-order valence-electron chi connectivity index (χ0n) is 11.6. The van der Waals surface area contributed by atoms with Crippen LogP contribution in [0.5, 0.6) is 11.5 Å². The minimum absolute atomic E-state index is 0.439. The quantitative estimate of drug-likeness (QED) is 0.916. The average molecular weight is 289 g/mol. The molecule has 0 bridgehead atoms. The molecule has 20 heavy (non-hydrogen) atoms. The first-order valence-electron chi connectivity index (χ1n) is 6.96. The number of ether oxygens (including phenoxy) is 2. The van der Waals surface area contributed by atoms with Crippen LogP contribution >= 0.6 is 11.3 Å². The molecule has 1 unspecified atom stereocenters. The third kappa shape index (κ3) is 3.14. The third-order valence-corrected chi connectivity index (χ3v) is 4.27. The summed E-state index contributed by atoms with van der Waals surface area (Å²) in [4.78, 5) is 1.42. The Bertz CT molecular complexity index is 554. The summed E-state index contributed by atoms with van der Waals surface area (Å²) in [6, 6.07) is 10.8. The molecule has 2 aromatic rings. The van der Waals surface area contributed by atoms with Gasteiger partial charge in [0.05, 0.1) is 0 Å². The van der Waals surface area contributed by atoms with Gasteiger partial charge < -0.3 is 14.8 Å². The van der Waals surface area contributed by atoms with Crippen LogP contribution in [0.25, 0.3) is 0 Å². The smallest absolute Gasteiger partial charge is 0.165 e. The Balaban J connectivity index is 1.61. The monoisotopic (exact) mass is 289 g/mol. The first-order valence-corrected chi connectivity index (χ1v) is 7.84. The van der Waals surface area contributed by atoms with Crippen molar-refractivity contribution in [2.45, 2.75) is 25.9 Å². The normalized spacial score (nSPS) is 15.1. The summed E-state index contributed by atoms with van der Waals surface area (Å²) in [6.07, 6.45) is 1.06. The predicted molar refractivity (Wildman–Crippen MR) is 81.8 cm³/mol. The van der Waals surface area contributed by atoms with Crippen molar-refractivity contribution in [2.75, 3.05) is 13.2 Å². The molecular weight excluding hydrogens is 270 g/mol. The van der Waals surface area contributed by atoms with Crippen molar-refractivity contribution in [2.24, 2.45) is 0 Å². The summed E-state index contributed by atoms with van der Waals surface area (Å²) in [7, 11) is 0. The van der Waals surface area contributed by atoms with E-state index in [4.69, 9.17) is 9.47 Å². The maximum atomic E-state index is 5.73. The Morgan fingerprint density at radius 3 is 2.95 bits per heavy atom. The highest BCUT2D eigenvalue weighted by atomic mass is 32.1. The minimum Gasteiger partial charge on any atom is -0.486 e. The van der Waals surface area contributed by atoms with E-state index < -0.39 is 0 Å². The lowest BCUT2D eigenvalue weighted by atomic mass is 10.1. The first kappa shape index (κ1) is 13.5. The minimum atomic E-state index is 0.439. The van der Waals surface area contributed by atoms with Crippen LogP contribution in [0.4, 0.5) is 0 Å². The van der Waals surface area contributed by atoms with Gasteiger partial charge >= 0.3 is 0 Å². The lowest BCUT2D eigenvalue weighted by Gasteiger charge is -2.22. The molecule has 3 rings (SSSR count). The van der Waals surface area contributed by atoms with Crippen molar-refractivity contribution in [1.82, 2.24) is 5.32 Å². The highest BCUT2D eigenvalue weighted by Crippen LogP contribution is 2.33. The molecule has 1 aromatic carbocycles. The zero-order valence-corrected chi connectivity index (χ0v) is 12.4. The van der Waals surface area contributed by atoms with E-state index in [9.17, 15) is 0 Å². The van der Waals surface area contributed by atoms with Gasteiger partial charge in [0.25, 0.3) is 0 Å². The predicted octanol–water partition coefficient (Wildman–Crippen LogP) is 3.24. The topological polar surface area (TPSA) is 30.5 Å². The SMILES string of the molecule is CC(Cc1cccs1)NCc1cccc2c1OCCO2. The van der Waals surface area contributed by atoms with Crippen LogP contribution in [0.2, 0.25) is 0 Å². The van der Waals surface area contributed by atoms with Gasteiger partial charge in [-0.1, -0.05) is 18.2 Å². The van der Waals surface area contributed by atoms with E-state index >= 15 is 0 Å². The molecule has 0 saturated carbocycles. The molecule has 0 saturated heterocycles. The van der Waals surface area contributed by atoms with Gasteiger partial charge in [0.1, 0.15) is 13.2 Å². The van der Waals surface area contributed by atoms with Gasteiger partial charge in [-0.2, -0.15) is 0 Å². The van der Waals surface area contributed by atoms with Crippen LogP contribution in [0.1, 0.15) is 17.4 Å². The Hall–Kier alpha value is -1.52. The number of thiophene rings is 1. The fraction of sp³-hybridized carbons (Fsp3) is 0.375. The van der Waals surface area contributed by atoms with Crippen LogP contribution in [0, 0.1) is 0 Å². The standard InChI is InChI=1S/C16H19NO2S/c1-12(10-14-5-3-9-20-14)17-11-13-4-2-6-15-16(13)19-8-7-18-15/h2-6,9,12,17H,7-8,10-11H2,1H3. The molecule has 1 N–H and O–H groups in total. The Morgan fingerprint density at radius 2 is 2.10 bits per heavy atom. The van der Waals surface area contributed by atoms with Crippen molar-refractivity contribution in [1.29, 1.82) is 0 Å². The first-order chi connectivity index (χ1) is 9.83. The Morgan fingerprint density at radius 1 is 1.20 bits per heavy atom. The molecule has 0 fully saturated rings. The lowest BCUT2D eigenvalue weighted by Crippen LogP contribution is -2.28. The Kier molecular flexibility index (Phi) is 4.23. The number of nitrogens with one attached hydrogen (secondary N) is 1. The molecule has 1 aliphatic heterocycles. The maximum Gasteiger partial charge on any atom is 0.165 e. The van der Waals surface area contributed by atoms with E-state index in [2.05, 4.69) is 35.8 Å². The van der Waals surface area contributed by atoms with Gasteiger partial charge in [0.15, 0.2) is 11.5 Å². The van der Waals surface area contributed by atoms with E-state index in [0.29, 0.717) is 19.3 Å². The highest BCUT2D eigenvalue weighted by Gasteiger charge is 2.15. The van der Waals surface area contributed by atoms with Crippen molar-refractivity contribution in [3.8, 4) is 11.5 Å². The van der Waals surface area contributed by atoms with Crippen LogP contribution in [0.3, 0.4) is 0 Å². The van der Waals surface area contributed by atoms with Gasteiger partial charge in [-0.25, -0.2) is 0 Å². The molecule has 0 amide bonds. The molecule has 2 heterocycles. The van der Waals surface area contributed by atoms with Gasteiger partial charge in [0.2, 0.25) is 0 Å². The van der Waals surface area contributed by atoms with Gasteiger partial charge in [-0.15, -0.1) is 11.3 Å². The number of hydrogen-bond acceptors (Lipinski definition) is 4. The summed E-state index contributed by atoms with van der Waals surface area (Å²) in [6.45, 7) is 4.29. The molecule has 4 heteroatoms. The summed E-state index contributed by atoms with van der Waals surface area (Å²) < 4.78 is 11.3. The molecule has 106 valence electrons. The second kappa shape index (κ2) is 6.29. The van der Waals surface area contributed by atoms with Gasteiger partial charge in [0, 0.05) is 23.0 Å². The zero-order chi connectivity index (χ0) is 13.8. The van der Waals surface area contributed by atoms with E-state index in [1.807, 2.05) is 23.5 Å². The molecule has 3 nitrogen and oxygen atoms in total. The van der Waals surface area contributed by atoms with Crippen molar-refractivity contribution >= 4 is 11.3 Å². The van der Waals surface area contributed by atoms with Crippen LogP contribution < -0.4 is 14.8 Å². The van der Waals surface area contributed by atoms with Crippen molar-refractivity contribution < 1.29 is 9.47 Å². The number of benzene rings is 1. The fourth-order valence-corrected chi connectivity index (χ4v) is 3.20. The van der Waals surface area contributed by atoms with Crippen molar-refractivity contribution in [3.05, 3.63) is 46.2 Å². The van der Waals surface area contributed by atoms with Crippen molar-refractivity contribution in [3.63, 3.8) is 0 Å². The van der Waals surface area contributed by atoms with Crippen LogP contribution in [0.15, 0.2) is 35.7 Å². The highest BCUT2D eigenvalue weighted by molar-refractivity contribution is 7.09. The largest absolute Gasteiger partial charge is 0.486 e. The average Bonchev–Trinajstić information content (AvgIpc) is 2.98. The van der Waals surface area contributed by atoms with Crippen LogP contribution in [-0.2, 0) is 13.0 Å². The molecular formula is C16H19NO2S. The summed E-state index contributed by atoms with van der Waals surface area (Å²) in [5.41, 5.74) is 1.17. The Labute approximate surface area is 123 Å². The van der Waals surface area contributed by atoms with Crippen LogP contribution in [-0.4, -0.2) is 19.3 Å². The number of fused-ring (bicyclic) bond motifs is 1. The number of para-hydroxylation sites is 1. The summed E-state index contributed by atoms with van der Waals surface area (Å²) in [5, 5.41) is 5.68. The number of hydrogen-bond donors (Lipinski definition) is 1. The molecule has 1 aliphatic rings. The third-order valence-electron chi connectivity index (χ3n) is 3.38. The van der Waals surface area contributed by atoms with Gasteiger partial charge in [-0.05, 0) is 30.9 Å². The summed E-state index contributed by atoms with van der Waals surface area (Å²) in [5.74, 6) is 1.76. The van der Waals surface area contributed by atoms with E-state index in [-0.39, 0.29) is 0 Å². The fourth-order valence-electron chi connectivity index (χ4n) is 2.36. The number of rotatable bonds is 5. The molecule has 0 spiro atoms. The molecule has 1 atom stereocenters. The molecule has 0 radical (unpaired) electrons. The maximum absolute atomic E-state index is 5.73. The second-order valence-corrected chi connectivity index (χ2v) is 6.04. The van der Waals surface area contributed by atoms with E-state index in [0.717, 1.165) is 24.5 Å². The molecule has 1 aromatic heterocycles. The van der Waals surface area contributed by atoms with Gasteiger partial charge in [-0.3, -0.25) is 0 Å². The lowest BCUT2D eigenvalue weighted by molar-refractivity contribution is 0.169. The molecule has 0 aliphatic carbocycles.